The van der Waals surface area contributed by atoms with E-state index in [1.807, 2.05) is 0 Å². The highest BCUT2D eigenvalue weighted by molar-refractivity contribution is 4.51. The SMILES string of the molecule is CCCCCCCCCCCCCCCCCC[N+](C)(C)CCCCCCCCCCCCCC.[Cl-]. The highest BCUT2D eigenvalue weighted by atomic mass is 35.5. The van der Waals surface area contributed by atoms with E-state index in [2.05, 4.69) is 27.9 Å². The van der Waals surface area contributed by atoms with Crippen LogP contribution in [0.3, 0.4) is 0 Å². The molecule has 0 heterocycles. The van der Waals surface area contributed by atoms with E-state index < -0.39 is 0 Å². The van der Waals surface area contributed by atoms with Gasteiger partial charge in [0.15, 0.2) is 0 Å². The summed E-state index contributed by atoms with van der Waals surface area (Å²) in [6.07, 6.45) is 40.9. The Morgan fingerprint density at radius 3 is 0.639 bits per heavy atom. The fraction of sp³-hybridized carbons (Fsp3) is 1.00. The van der Waals surface area contributed by atoms with Crippen LogP contribution in [0.4, 0.5) is 0 Å². The largest absolute Gasteiger partial charge is 1.00 e. The molecule has 1 nitrogen and oxygen atoms in total. The number of halogens is 1. The molecule has 0 bridgehead atoms. The highest BCUT2D eigenvalue weighted by Gasteiger charge is 2.13. The number of nitrogens with zero attached hydrogens (tertiary/aromatic N) is 1. The Balaban J connectivity index is 0. The van der Waals surface area contributed by atoms with Gasteiger partial charge in [-0.1, -0.05) is 168 Å². The van der Waals surface area contributed by atoms with Gasteiger partial charge in [0.1, 0.15) is 0 Å². The van der Waals surface area contributed by atoms with Gasteiger partial charge in [0.2, 0.25) is 0 Å². The summed E-state index contributed by atoms with van der Waals surface area (Å²) >= 11 is 0. The van der Waals surface area contributed by atoms with E-state index in [1.54, 1.807) is 0 Å². The van der Waals surface area contributed by atoms with Crippen LogP contribution in [-0.2, 0) is 0 Å². The van der Waals surface area contributed by atoms with Gasteiger partial charge in [-0.25, -0.2) is 0 Å². The molecule has 0 unspecified atom stereocenters. The number of hydrogen-bond acceptors (Lipinski definition) is 0. The maximum atomic E-state index is 2.46. The van der Waals surface area contributed by atoms with Crippen LogP contribution in [0.5, 0.6) is 0 Å². The van der Waals surface area contributed by atoms with E-state index in [0.717, 1.165) is 0 Å². The molecule has 220 valence electrons. The molecule has 0 aliphatic carbocycles. The third-order valence-corrected chi connectivity index (χ3v) is 8.23. The molecular weight excluding hydrogens is 458 g/mol. The summed E-state index contributed by atoms with van der Waals surface area (Å²) in [6, 6.07) is 0. The lowest BCUT2D eigenvalue weighted by Crippen LogP contribution is -3.00. The summed E-state index contributed by atoms with van der Waals surface area (Å²) in [5.74, 6) is 0. The van der Waals surface area contributed by atoms with E-state index in [0.29, 0.717) is 0 Å². The van der Waals surface area contributed by atoms with Gasteiger partial charge in [0.25, 0.3) is 0 Å². The molecule has 0 amide bonds. The van der Waals surface area contributed by atoms with Gasteiger partial charge in [0.05, 0.1) is 27.2 Å². The van der Waals surface area contributed by atoms with Gasteiger partial charge in [0, 0.05) is 0 Å². The molecule has 0 aliphatic rings. The van der Waals surface area contributed by atoms with Gasteiger partial charge in [-0.2, -0.15) is 0 Å². The average molecular weight is 530 g/mol. The molecule has 2 heteroatoms. The van der Waals surface area contributed by atoms with Gasteiger partial charge in [-0.05, 0) is 25.7 Å². The number of rotatable bonds is 30. The molecular formula is C34H72ClN. The lowest BCUT2D eigenvalue weighted by atomic mass is 10.0. The number of unbranched alkanes of at least 4 members (excludes halogenated alkanes) is 26. The first-order valence-electron chi connectivity index (χ1n) is 16.9. The Morgan fingerprint density at radius 2 is 0.444 bits per heavy atom. The molecule has 0 aromatic heterocycles. The Bertz CT molecular complexity index is 381. The van der Waals surface area contributed by atoms with Crippen LogP contribution in [0.2, 0.25) is 0 Å². The molecule has 36 heavy (non-hydrogen) atoms. The van der Waals surface area contributed by atoms with Crippen LogP contribution >= 0.6 is 0 Å². The summed E-state index contributed by atoms with van der Waals surface area (Å²) in [7, 11) is 4.92. The molecule has 0 aromatic carbocycles. The van der Waals surface area contributed by atoms with Gasteiger partial charge in [-0.15, -0.1) is 0 Å². The monoisotopic (exact) mass is 530 g/mol. The van der Waals surface area contributed by atoms with Crippen molar-refractivity contribution in [1.82, 2.24) is 0 Å². The summed E-state index contributed by atoms with van der Waals surface area (Å²) in [5, 5.41) is 0. The second kappa shape index (κ2) is 31.5. The summed E-state index contributed by atoms with van der Waals surface area (Å²) in [4.78, 5) is 0. The lowest BCUT2D eigenvalue weighted by molar-refractivity contribution is -0.890. The van der Waals surface area contributed by atoms with Crippen molar-refractivity contribution in [2.75, 3.05) is 27.2 Å². The van der Waals surface area contributed by atoms with Crippen molar-refractivity contribution >= 4 is 0 Å². The number of hydrogen-bond donors (Lipinski definition) is 0. The Morgan fingerprint density at radius 1 is 0.278 bits per heavy atom. The Kier molecular flexibility index (Phi) is 33.6. The van der Waals surface area contributed by atoms with Crippen molar-refractivity contribution in [3.8, 4) is 0 Å². The molecule has 0 atom stereocenters. The second-order valence-corrected chi connectivity index (χ2v) is 12.6. The minimum Gasteiger partial charge on any atom is -1.00 e. The van der Waals surface area contributed by atoms with Crippen molar-refractivity contribution in [3.63, 3.8) is 0 Å². The fourth-order valence-electron chi connectivity index (χ4n) is 5.58. The van der Waals surface area contributed by atoms with E-state index in [1.165, 1.54) is 197 Å². The van der Waals surface area contributed by atoms with Crippen LogP contribution in [0, 0.1) is 0 Å². The van der Waals surface area contributed by atoms with Crippen LogP contribution in [-0.4, -0.2) is 31.7 Å². The maximum Gasteiger partial charge on any atom is 0.0782 e. The topological polar surface area (TPSA) is 0 Å². The molecule has 0 rings (SSSR count). The molecule has 0 spiro atoms. The maximum absolute atomic E-state index is 2.46. The summed E-state index contributed by atoms with van der Waals surface area (Å²) < 4.78 is 1.25. The van der Waals surface area contributed by atoms with Crippen molar-refractivity contribution in [2.45, 2.75) is 194 Å². The number of quaternary nitrogens is 1. The van der Waals surface area contributed by atoms with Crippen LogP contribution < -0.4 is 12.4 Å². The predicted molar refractivity (Wildman–Crippen MR) is 162 cm³/mol. The quantitative estimate of drug-likeness (QED) is 0.0642. The fourth-order valence-corrected chi connectivity index (χ4v) is 5.58. The van der Waals surface area contributed by atoms with Crippen molar-refractivity contribution in [1.29, 1.82) is 0 Å². The van der Waals surface area contributed by atoms with Crippen molar-refractivity contribution in [3.05, 3.63) is 0 Å². The first-order chi connectivity index (χ1) is 17.1. The van der Waals surface area contributed by atoms with E-state index in [9.17, 15) is 0 Å². The van der Waals surface area contributed by atoms with Crippen molar-refractivity contribution < 1.29 is 16.9 Å². The third kappa shape index (κ3) is 32.3. The zero-order chi connectivity index (χ0) is 25.7. The molecule has 0 radical (unpaired) electrons. The molecule has 0 fully saturated rings. The summed E-state index contributed by atoms with van der Waals surface area (Å²) in [6.45, 7) is 7.38. The first kappa shape index (κ1) is 38.4. The van der Waals surface area contributed by atoms with Crippen molar-refractivity contribution in [2.24, 2.45) is 0 Å². The Hall–Kier alpha value is 0.250. The molecule has 0 saturated heterocycles. The zero-order valence-corrected chi connectivity index (χ0v) is 26.8. The van der Waals surface area contributed by atoms with Crippen LogP contribution in [0.15, 0.2) is 0 Å². The van der Waals surface area contributed by atoms with Gasteiger partial charge in [-0.3, -0.25) is 0 Å². The second-order valence-electron chi connectivity index (χ2n) is 12.6. The predicted octanol–water partition coefficient (Wildman–Crippen LogP) is 9.03. The molecule has 0 N–H and O–H groups in total. The zero-order valence-electron chi connectivity index (χ0n) is 26.0. The van der Waals surface area contributed by atoms with Gasteiger partial charge >= 0.3 is 0 Å². The highest BCUT2D eigenvalue weighted by Crippen LogP contribution is 2.15. The smallest absolute Gasteiger partial charge is 0.0782 e. The van der Waals surface area contributed by atoms with E-state index in [4.69, 9.17) is 0 Å². The normalized spacial score (nSPS) is 11.7. The van der Waals surface area contributed by atoms with Crippen LogP contribution in [0.1, 0.15) is 194 Å². The molecule has 0 aromatic rings. The summed E-state index contributed by atoms with van der Waals surface area (Å²) in [5.41, 5.74) is 0. The molecule has 0 saturated carbocycles. The minimum atomic E-state index is 0. The standard InChI is InChI=1S/C34H72N.ClH/c1-5-7-9-11-13-15-17-19-20-21-22-24-26-28-30-32-34-35(3,4)33-31-29-27-25-23-18-16-14-12-10-8-6-2;/h5-34H2,1-4H3;1H/q+1;/p-1. The van der Waals surface area contributed by atoms with Gasteiger partial charge < -0.3 is 16.9 Å². The van der Waals surface area contributed by atoms with Crippen LogP contribution in [0.25, 0.3) is 0 Å². The van der Waals surface area contributed by atoms with E-state index in [-0.39, 0.29) is 12.4 Å². The lowest BCUT2D eigenvalue weighted by Gasteiger charge is -2.30. The Labute approximate surface area is 237 Å². The molecule has 0 aliphatic heterocycles. The first-order valence-corrected chi connectivity index (χ1v) is 16.9. The minimum absolute atomic E-state index is 0. The third-order valence-electron chi connectivity index (χ3n) is 8.23. The average Bonchev–Trinajstić information content (AvgIpc) is 2.84. The van der Waals surface area contributed by atoms with E-state index >= 15 is 0 Å².